The first-order chi connectivity index (χ1) is 9.40. The van der Waals surface area contributed by atoms with Crippen molar-refractivity contribution in [1.82, 2.24) is 5.32 Å². The second-order valence-corrected chi connectivity index (χ2v) is 3.70. The lowest BCUT2D eigenvalue weighted by atomic mass is 10.1. The second kappa shape index (κ2) is 6.61. The molecule has 1 atom stereocenters. The molecular weight excluding hydrogens is 275 g/mol. The molecule has 0 heterocycles. The molecule has 7 heteroatoms. The Morgan fingerprint density at radius 3 is 2.35 bits per heavy atom. The van der Waals surface area contributed by atoms with E-state index in [1.807, 2.05) is 5.32 Å². The number of hydrogen-bond acceptors (Lipinski definition) is 3. The van der Waals surface area contributed by atoms with Crippen LogP contribution in [0.15, 0.2) is 12.1 Å². The molecule has 0 unspecified atom stereocenters. The third-order valence-corrected chi connectivity index (χ3v) is 2.35. The topological polar surface area (TPSA) is 55.4 Å². The Bertz CT molecular complexity index is 558. The predicted molar refractivity (Wildman–Crippen MR) is 63.0 cm³/mol. The SMILES string of the molecule is C#CC[C@H](NC(=O)c1c(F)cc(F)cc1F)C(=O)OC. The highest BCUT2D eigenvalue weighted by molar-refractivity contribution is 5.97. The van der Waals surface area contributed by atoms with Crippen LogP contribution in [0.1, 0.15) is 16.8 Å². The van der Waals surface area contributed by atoms with Crippen molar-refractivity contribution in [2.45, 2.75) is 12.5 Å². The number of esters is 1. The molecule has 0 aliphatic rings. The van der Waals surface area contributed by atoms with E-state index in [1.165, 1.54) is 0 Å². The zero-order valence-electron chi connectivity index (χ0n) is 10.4. The summed E-state index contributed by atoms with van der Waals surface area (Å²) < 4.78 is 43.9. The van der Waals surface area contributed by atoms with E-state index in [-0.39, 0.29) is 6.42 Å². The van der Waals surface area contributed by atoms with Crippen molar-refractivity contribution in [2.24, 2.45) is 0 Å². The first-order valence-electron chi connectivity index (χ1n) is 5.37. The lowest BCUT2D eigenvalue weighted by molar-refractivity contribution is -0.142. The summed E-state index contributed by atoms with van der Waals surface area (Å²) >= 11 is 0. The van der Waals surface area contributed by atoms with E-state index in [1.54, 1.807) is 0 Å². The van der Waals surface area contributed by atoms with Crippen molar-refractivity contribution in [1.29, 1.82) is 0 Å². The highest BCUT2D eigenvalue weighted by Gasteiger charge is 2.25. The summed E-state index contributed by atoms with van der Waals surface area (Å²) in [5.74, 6) is -3.91. The van der Waals surface area contributed by atoms with E-state index in [0.717, 1.165) is 7.11 Å². The van der Waals surface area contributed by atoms with Gasteiger partial charge in [-0.25, -0.2) is 18.0 Å². The lowest BCUT2D eigenvalue weighted by Crippen LogP contribution is -2.41. The number of hydrogen-bond donors (Lipinski definition) is 1. The van der Waals surface area contributed by atoms with Crippen molar-refractivity contribution in [2.75, 3.05) is 7.11 Å². The van der Waals surface area contributed by atoms with Crippen LogP contribution in [0.2, 0.25) is 0 Å². The zero-order valence-corrected chi connectivity index (χ0v) is 10.4. The van der Waals surface area contributed by atoms with Gasteiger partial charge in [-0.1, -0.05) is 0 Å². The summed E-state index contributed by atoms with van der Waals surface area (Å²) in [4.78, 5) is 23.0. The van der Waals surface area contributed by atoms with Crippen LogP contribution in [-0.2, 0) is 9.53 Å². The minimum absolute atomic E-state index is 0.219. The van der Waals surface area contributed by atoms with Gasteiger partial charge >= 0.3 is 5.97 Å². The predicted octanol–water partition coefficient (Wildman–Crippen LogP) is 1.40. The van der Waals surface area contributed by atoms with Gasteiger partial charge in [0.1, 0.15) is 29.1 Å². The summed E-state index contributed by atoms with van der Waals surface area (Å²) in [6.07, 6.45) is 4.79. The molecule has 0 fully saturated rings. The number of ether oxygens (including phenoxy) is 1. The van der Waals surface area contributed by atoms with Gasteiger partial charge in [-0.15, -0.1) is 12.3 Å². The van der Waals surface area contributed by atoms with Crippen molar-refractivity contribution in [3.63, 3.8) is 0 Å². The molecule has 0 bridgehead atoms. The normalized spacial score (nSPS) is 11.3. The molecule has 0 aliphatic carbocycles. The number of carbonyl (C=O) groups is 2. The molecule has 0 aliphatic heterocycles. The maximum Gasteiger partial charge on any atom is 0.329 e. The van der Waals surface area contributed by atoms with Crippen LogP contribution in [0.4, 0.5) is 13.2 Å². The third kappa shape index (κ3) is 3.51. The van der Waals surface area contributed by atoms with Crippen molar-refractivity contribution < 1.29 is 27.5 Å². The molecule has 20 heavy (non-hydrogen) atoms. The van der Waals surface area contributed by atoms with Gasteiger partial charge in [0.05, 0.1) is 7.11 Å². The zero-order chi connectivity index (χ0) is 15.3. The van der Waals surface area contributed by atoms with Crippen LogP contribution in [0.3, 0.4) is 0 Å². The van der Waals surface area contributed by atoms with E-state index < -0.39 is 40.9 Å². The second-order valence-electron chi connectivity index (χ2n) is 3.70. The Kier molecular flexibility index (Phi) is 5.15. The molecule has 1 rings (SSSR count). The number of benzene rings is 1. The number of methoxy groups -OCH3 is 1. The fraction of sp³-hybridized carbons (Fsp3) is 0.231. The molecule has 1 aromatic rings. The minimum Gasteiger partial charge on any atom is -0.467 e. The molecule has 106 valence electrons. The van der Waals surface area contributed by atoms with E-state index in [2.05, 4.69) is 10.7 Å². The Balaban J connectivity index is 3.01. The number of nitrogens with one attached hydrogen (secondary N) is 1. The summed E-state index contributed by atoms with van der Waals surface area (Å²) in [7, 11) is 1.07. The molecule has 1 amide bonds. The van der Waals surface area contributed by atoms with Gasteiger partial charge in [0.25, 0.3) is 5.91 Å². The molecule has 0 aromatic heterocycles. The number of carbonyl (C=O) groups excluding carboxylic acids is 2. The maximum atomic E-state index is 13.4. The highest BCUT2D eigenvalue weighted by Crippen LogP contribution is 2.15. The lowest BCUT2D eigenvalue weighted by Gasteiger charge is -2.14. The molecule has 0 radical (unpaired) electrons. The summed E-state index contributed by atoms with van der Waals surface area (Å²) in [6, 6.07) is -0.542. The molecule has 1 N–H and O–H groups in total. The molecule has 4 nitrogen and oxygen atoms in total. The fourth-order valence-corrected chi connectivity index (χ4v) is 1.44. The largest absolute Gasteiger partial charge is 0.467 e. The van der Waals surface area contributed by atoms with E-state index in [4.69, 9.17) is 6.42 Å². The Morgan fingerprint density at radius 2 is 1.90 bits per heavy atom. The van der Waals surface area contributed by atoms with Gasteiger partial charge in [-0.2, -0.15) is 0 Å². The highest BCUT2D eigenvalue weighted by atomic mass is 19.1. The fourth-order valence-electron chi connectivity index (χ4n) is 1.44. The Morgan fingerprint density at radius 1 is 1.35 bits per heavy atom. The van der Waals surface area contributed by atoms with Gasteiger partial charge in [-0.3, -0.25) is 4.79 Å². The van der Waals surface area contributed by atoms with Crippen LogP contribution in [0.5, 0.6) is 0 Å². The first-order valence-corrected chi connectivity index (χ1v) is 5.37. The van der Waals surface area contributed by atoms with Gasteiger partial charge < -0.3 is 10.1 Å². The van der Waals surface area contributed by atoms with E-state index >= 15 is 0 Å². The van der Waals surface area contributed by atoms with Crippen LogP contribution in [0.25, 0.3) is 0 Å². The van der Waals surface area contributed by atoms with Crippen LogP contribution in [-0.4, -0.2) is 25.0 Å². The van der Waals surface area contributed by atoms with Crippen molar-refractivity contribution in [3.05, 3.63) is 35.1 Å². The Hall–Kier alpha value is -2.49. The van der Waals surface area contributed by atoms with E-state index in [9.17, 15) is 22.8 Å². The number of halogens is 3. The number of terminal acetylenes is 1. The van der Waals surface area contributed by atoms with Crippen molar-refractivity contribution in [3.8, 4) is 12.3 Å². The molecule has 1 aromatic carbocycles. The average molecular weight is 285 g/mol. The Labute approximate surface area is 112 Å². The van der Waals surface area contributed by atoms with Crippen LogP contribution in [0, 0.1) is 29.8 Å². The summed E-state index contributed by atoms with van der Waals surface area (Å²) in [5.41, 5.74) is -1.00. The summed E-state index contributed by atoms with van der Waals surface area (Å²) in [5, 5.41) is 2.03. The molecular formula is C13H10F3NO3. The molecule has 0 saturated heterocycles. The first kappa shape index (κ1) is 15.6. The van der Waals surface area contributed by atoms with Gasteiger partial charge in [0.15, 0.2) is 0 Å². The monoisotopic (exact) mass is 285 g/mol. The standard InChI is InChI=1S/C13H10F3NO3/c1-3-4-10(13(19)20-2)17-12(18)11-8(15)5-7(14)6-9(11)16/h1,5-6,10H,4H2,2H3,(H,17,18)/t10-/m0/s1. The van der Waals surface area contributed by atoms with Gasteiger partial charge in [0, 0.05) is 18.6 Å². The average Bonchev–Trinajstić information content (AvgIpc) is 2.36. The number of rotatable bonds is 4. The van der Waals surface area contributed by atoms with Gasteiger partial charge in [0.2, 0.25) is 0 Å². The van der Waals surface area contributed by atoms with Crippen LogP contribution >= 0.6 is 0 Å². The molecule has 0 spiro atoms. The molecule has 0 saturated carbocycles. The summed E-state index contributed by atoms with van der Waals surface area (Å²) in [6.45, 7) is 0. The van der Waals surface area contributed by atoms with Gasteiger partial charge in [-0.05, 0) is 0 Å². The maximum absolute atomic E-state index is 13.4. The smallest absolute Gasteiger partial charge is 0.329 e. The minimum atomic E-state index is -1.38. The van der Waals surface area contributed by atoms with Crippen molar-refractivity contribution >= 4 is 11.9 Å². The van der Waals surface area contributed by atoms with Crippen LogP contribution < -0.4 is 5.32 Å². The quantitative estimate of drug-likeness (QED) is 0.672. The third-order valence-electron chi connectivity index (χ3n) is 2.35. The number of amides is 1. The van der Waals surface area contributed by atoms with E-state index in [0.29, 0.717) is 12.1 Å².